The first-order chi connectivity index (χ1) is 13.6. The molecule has 1 aromatic carbocycles. The van der Waals surface area contributed by atoms with E-state index in [1.165, 1.54) is 4.90 Å². The second kappa shape index (κ2) is 9.57. The van der Waals surface area contributed by atoms with Gasteiger partial charge in [-0.3, -0.25) is 19.3 Å². The Morgan fingerprint density at radius 1 is 1.04 bits per heavy atom. The lowest BCUT2D eigenvalue weighted by molar-refractivity contribution is -0.140. The Kier molecular flexibility index (Phi) is 6.90. The maximum absolute atomic E-state index is 12.4. The first-order valence-electron chi connectivity index (χ1n) is 10.1. The van der Waals surface area contributed by atoms with E-state index in [9.17, 15) is 14.4 Å². The third-order valence-electron chi connectivity index (χ3n) is 5.32. The highest BCUT2D eigenvalue weighted by Crippen LogP contribution is 2.37. The summed E-state index contributed by atoms with van der Waals surface area (Å²) in [5, 5.41) is 2.76. The fourth-order valence-electron chi connectivity index (χ4n) is 3.91. The van der Waals surface area contributed by atoms with E-state index in [2.05, 4.69) is 5.32 Å². The van der Waals surface area contributed by atoms with Crippen LogP contribution in [0, 0.1) is 11.8 Å². The second-order valence-electron chi connectivity index (χ2n) is 7.18. The van der Waals surface area contributed by atoms with Gasteiger partial charge in [-0.2, -0.15) is 0 Å². The number of ether oxygens (including phenoxy) is 2. The van der Waals surface area contributed by atoms with Crippen LogP contribution in [0.25, 0.3) is 0 Å². The van der Waals surface area contributed by atoms with Crippen LogP contribution in [0.5, 0.6) is 11.5 Å². The molecule has 152 valence electrons. The van der Waals surface area contributed by atoms with Gasteiger partial charge in [-0.1, -0.05) is 12.8 Å². The first-order valence-corrected chi connectivity index (χ1v) is 10.1. The minimum atomic E-state index is -0.189. The van der Waals surface area contributed by atoms with E-state index >= 15 is 0 Å². The molecule has 1 aromatic rings. The molecule has 0 radical (unpaired) electrons. The van der Waals surface area contributed by atoms with Crippen LogP contribution in [-0.4, -0.2) is 48.9 Å². The topological polar surface area (TPSA) is 84.9 Å². The van der Waals surface area contributed by atoms with Crippen molar-refractivity contribution in [2.45, 2.75) is 39.0 Å². The predicted octanol–water partition coefficient (Wildman–Crippen LogP) is 2.15. The van der Waals surface area contributed by atoms with Crippen LogP contribution >= 0.6 is 0 Å². The third kappa shape index (κ3) is 4.82. The van der Waals surface area contributed by atoms with Crippen molar-refractivity contribution in [1.29, 1.82) is 0 Å². The average molecular weight is 388 g/mol. The van der Waals surface area contributed by atoms with E-state index < -0.39 is 0 Å². The minimum Gasteiger partial charge on any atom is -0.494 e. The van der Waals surface area contributed by atoms with Gasteiger partial charge in [0.05, 0.1) is 25.0 Å². The number of imide groups is 1. The molecule has 28 heavy (non-hydrogen) atoms. The van der Waals surface area contributed by atoms with E-state index in [4.69, 9.17) is 9.47 Å². The number of nitrogens with one attached hydrogen (secondary N) is 1. The van der Waals surface area contributed by atoms with E-state index in [1.807, 2.05) is 31.2 Å². The number of carbonyl (C=O) groups excluding carboxylic acids is 3. The van der Waals surface area contributed by atoms with Gasteiger partial charge in [-0.25, -0.2) is 0 Å². The minimum absolute atomic E-state index is 0.0960. The van der Waals surface area contributed by atoms with Crippen molar-refractivity contribution in [3.8, 4) is 11.5 Å². The highest BCUT2D eigenvalue weighted by Gasteiger charge is 2.47. The number of amides is 3. The Morgan fingerprint density at radius 2 is 1.61 bits per heavy atom. The zero-order chi connectivity index (χ0) is 19.9. The summed E-state index contributed by atoms with van der Waals surface area (Å²) in [5.74, 6) is 0.787. The highest BCUT2D eigenvalue weighted by molar-refractivity contribution is 6.05. The van der Waals surface area contributed by atoms with Crippen molar-refractivity contribution in [2.75, 3.05) is 26.3 Å². The van der Waals surface area contributed by atoms with Gasteiger partial charge in [0, 0.05) is 13.0 Å². The molecular weight excluding hydrogens is 360 g/mol. The van der Waals surface area contributed by atoms with Gasteiger partial charge in [0.15, 0.2) is 0 Å². The summed E-state index contributed by atoms with van der Waals surface area (Å²) in [6.07, 6.45) is 3.72. The quantitative estimate of drug-likeness (QED) is 0.518. The number of nitrogens with zero attached hydrogens (tertiary/aromatic N) is 1. The van der Waals surface area contributed by atoms with Crippen molar-refractivity contribution >= 4 is 17.7 Å². The number of carbonyl (C=O) groups is 3. The number of hydrogen-bond donors (Lipinski definition) is 1. The fourth-order valence-corrected chi connectivity index (χ4v) is 3.91. The summed E-state index contributed by atoms with van der Waals surface area (Å²) in [7, 11) is 0. The number of benzene rings is 1. The molecule has 2 fully saturated rings. The Labute approximate surface area is 165 Å². The van der Waals surface area contributed by atoms with Crippen LogP contribution in [-0.2, 0) is 14.4 Å². The SMILES string of the molecule is CCOc1ccc(OCCNC(=O)CCN2C(=O)[C@H]3CCCC[C@@H]3C2=O)cc1. The van der Waals surface area contributed by atoms with Crippen molar-refractivity contribution < 1.29 is 23.9 Å². The molecule has 1 saturated heterocycles. The zero-order valence-electron chi connectivity index (χ0n) is 16.3. The van der Waals surface area contributed by atoms with E-state index in [-0.39, 0.29) is 42.5 Å². The summed E-state index contributed by atoms with van der Waals surface area (Å²) in [4.78, 5) is 38.1. The van der Waals surface area contributed by atoms with Gasteiger partial charge >= 0.3 is 0 Å². The molecule has 1 heterocycles. The molecule has 7 nitrogen and oxygen atoms in total. The van der Waals surface area contributed by atoms with Crippen molar-refractivity contribution in [2.24, 2.45) is 11.8 Å². The normalized spacial score (nSPS) is 21.4. The number of rotatable bonds is 9. The predicted molar refractivity (Wildman–Crippen MR) is 103 cm³/mol. The molecule has 1 saturated carbocycles. The van der Waals surface area contributed by atoms with Crippen LogP contribution in [0.4, 0.5) is 0 Å². The summed E-state index contributed by atoms with van der Waals surface area (Å²) >= 11 is 0. The fraction of sp³-hybridized carbons (Fsp3) is 0.571. The lowest BCUT2D eigenvalue weighted by atomic mass is 9.81. The Morgan fingerprint density at radius 3 is 2.18 bits per heavy atom. The van der Waals surface area contributed by atoms with E-state index in [0.29, 0.717) is 25.5 Å². The number of hydrogen-bond acceptors (Lipinski definition) is 5. The van der Waals surface area contributed by atoms with Crippen molar-refractivity contribution in [3.05, 3.63) is 24.3 Å². The molecule has 0 aromatic heterocycles. The second-order valence-corrected chi connectivity index (χ2v) is 7.18. The lowest BCUT2D eigenvalue weighted by Gasteiger charge is -2.19. The summed E-state index contributed by atoms with van der Waals surface area (Å²) in [6.45, 7) is 3.40. The van der Waals surface area contributed by atoms with Gasteiger partial charge in [0.1, 0.15) is 18.1 Å². The van der Waals surface area contributed by atoms with Crippen LogP contribution in [0.1, 0.15) is 39.0 Å². The molecule has 0 unspecified atom stereocenters. The Balaban J connectivity index is 1.34. The van der Waals surface area contributed by atoms with Crippen LogP contribution in [0.3, 0.4) is 0 Å². The third-order valence-corrected chi connectivity index (χ3v) is 5.32. The number of fused-ring (bicyclic) bond motifs is 1. The molecule has 2 atom stereocenters. The van der Waals surface area contributed by atoms with Gasteiger partial charge < -0.3 is 14.8 Å². The smallest absolute Gasteiger partial charge is 0.233 e. The molecule has 3 rings (SSSR count). The molecule has 7 heteroatoms. The van der Waals surface area contributed by atoms with Crippen LogP contribution in [0.2, 0.25) is 0 Å². The van der Waals surface area contributed by atoms with Crippen LogP contribution in [0.15, 0.2) is 24.3 Å². The monoisotopic (exact) mass is 388 g/mol. The molecule has 3 amide bonds. The van der Waals surface area contributed by atoms with Gasteiger partial charge in [-0.15, -0.1) is 0 Å². The summed E-state index contributed by atoms with van der Waals surface area (Å²) in [6, 6.07) is 7.30. The van der Waals surface area contributed by atoms with Crippen molar-refractivity contribution in [1.82, 2.24) is 10.2 Å². The first kappa shape index (κ1) is 20.2. The summed E-state index contributed by atoms with van der Waals surface area (Å²) < 4.78 is 10.9. The van der Waals surface area contributed by atoms with Gasteiger partial charge in [-0.05, 0) is 44.0 Å². The molecule has 1 aliphatic carbocycles. The maximum Gasteiger partial charge on any atom is 0.233 e. The van der Waals surface area contributed by atoms with Crippen molar-refractivity contribution in [3.63, 3.8) is 0 Å². The summed E-state index contributed by atoms with van der Waals surface area (Å²) in [5.41, 5.74) is 0. The molecule has 1 N–H and O–H groups in total. The maximum atomic E-state index is 12.4. The zero-order valence-corrected chi connectivity index (χ0v) is 16.3. The highest BCUT2D eigenvalue weighted by atomic mass is 16.5. The largest absolute Gasteiger partial charge is 0.494 e. The molecule has 1 aliphatic heterocycles. The molecule has 2 aliphatic rings. The standard InChI is InChI=1S/C21H28N2O5/c1-2-27-15-7-9-16(10-8-15)28-14-12-22-19(24)11-13-23-20(25)17-5-3-4-6-18(17)21(23)26/h7-10,17-18H,2-6,11-14H2,1H3,(H,22,24)/t17-,18-/m0/s1. The van der Waals surface area contributed by atoms with Gasteiger partial charge in [0.25, 0.3) is 0 Å². The Hall–Kier alpha value is -2.57. The Bertz CT molecular complexity index is 679. The molecule has 0 spiro atoms. The van der Waals surface area contributed by atoms with E-state index in [0.717, 1.165) is 31.4 Å². The van der Waals surface area contributed by atoms with E-state index in [1.54, 1.807) is 0 Å². The molecular formula is C21H28N2O5. The number of likely N-dealkylation sites (tertiary alicyclic amines) is 1. The molecule has 0 bridgehead atoms. The lowest BCUT2D eigenvalue weighted by Crippen LogP contribution is -2.36. The van der Waals surface area contributed by atoms with Gasteiger partial charge in [0.2, 0.25) is 17.7 Å². The van der Waals surface area contributed by atoms with Crippen LogP contribution < -0.4 is 14.8 Å². The average Bonchev–Trinajstić information content (AvgIpc) is 2.96.